The third kappa shape index (κ3) is 6.18. The first kappa shape index (κ1) is 20.0. The second kappa shape index (κ2) is 8.99. The molecular formula is C22H22FNO3S. The van der Waals surface area contributed by atoms with Gasteiger partial charge >= 0.3 is 0 Å². The van der Waals surface area contributed by atoms with E-state index in [0.29, 0.717) is 12.4 Å². The molecule has 0 fully saturated rings. The van der Waals surface area contributed by atoms with E-state index in [1.807, 2.05) is 43.3 Å². The molecule has 0 aliphatic rings. The fourth-order valence-corrected chi connectivity index (χ4v) is 3.72. The molecular weight excluding hydrogens is 377 g/mol. The first-order valence-corrected chi connectivity index (χ1v) is 10.5. The van der Waals surface area contributed by atoms with Gasteiger partial charge in [-0.15, -0.1) is 0 Å². The SMILES string of the molecule is Cc1ccc(CS(=O)(=O)NCc2ccc(OCc3ccc(F)cc3)cc2)cc1. The molecule has 4 nitrogen and oxygen atoms in total. The van der Waals surface area contributed by atoms with E-state index in [1.54, 1.807) is 24.3 Å². The van der Waals surface area contributed by atoms with E-state index in [0.717, 1.165) is 22.3 Å². The molecule has 3 rings (SSSR count). The average Bonchev–Trinajstić information content (AvgIpc) is 2.68. The van der Waals surface area contributed by atoms with Gasteiger partial charge in [0.2, 0.25) is 10.0 Å². The Kier molecular flexibility index (Phi) is 6.44. The van der Waals surface area contributed by atoms with E-state index in [2.05, 4.69) is 4.72 Å². The molecule has 28 heavy (non-hydrogen) atoms. The molecule has 3 aromatic carbocycles. The summed E-state index contributed by atoms with van der Waals surface area (Å²) in [6, 6.07) is 20.8. The summed E-state index contributed by atoms with van der Waals surface area (Å²) in [6.45, 7) is 2.51. The maximum absolute atomic E-state index is 12.9. The Morgan fingerprint density at radius 1 is 0.821 bits per heavy atom. The predicted molar refractivity (Wildman–Crippen MR) is 108 cm³/mol. The standard InChI is InChI=1S/C22H22FNO3S/c1-17-2-4-20(5-3-17)16-28(25,26)24-14-18-8-12-22(13-9-18)27-15-19-6-10-21(23)11-7-19/h2-13,24H,14-16H2,1H3. The lowest BCUT2D eigenvalue weighted by Crippen LogP contribution is -2.24. The lowest BCUT2D eigenvalue weighted by Gasteiger charge is -2.09. The van der Waals surface area contributed by atoms with Gasteiger partial charge in [0.1, 0.15) is 18.2 Å². The molecule has 0 spiro atoms. The molecule has 0 heterocycles. The van der Waals surface area contributed by atoms with Crippen LogP contribution in [0.1, 0.15) is 22.3 Å². The summed E-state index contributed by atoms with van der Waals surface area (Å²) >= 11 is 0. The summed E-state index contributed by atoms with van der Waals surface area (Å²) in [5.41, 5.74) is 3.55. The van der Waals surface area contributed by atoms with Gasteiger partial charge in [-0.25, -0.2) is 17.5 Å². The highest BCUT2D eigenvalue weighted by atomic mass is 32.2. The highest BCUT2D eigenvalue weighted by Gasteiger charge is 2.11. The Morgan fingerprint density at radius 2 is 1.39 bits per heavy atom. The van der Waals surface area contributed by atoms with Crippen molar-refractivity contribution in [1.29, 1.82) is 0 Å². The van der Waals surface area contributed by atoms with E-state index in [4.69, 9.17) is 4.74 Å². The maximum Gasteiger partial charge on any atom is 0.216 e. The molecule has 0 atom stereocenters. The van der Waals surface area contributed by atoms with Crippen LogP contribution >= 0.6 is 0 Å². The normalized spacial score (nSPS) is 11.4. The molecule has 3 aromatic rings. The second-order valence-electron chi connectivity index (χ2n) is 6.62. The molecule has 0 unspecified atom stereocenters. The second-order valence-corrected chi connectivity index (χ2v) is 8.43. The van der Waals surface area contributed by atoms with Gasteiger partial charge in [0.05, 0.1) is 5.75 Å². The molecule has 146 valence electrons. The number of sulfonamides is 1. The Labute approximate surface area is 165 Å². The van der Waals surface area contributed by atoms with E-state index in [9.17, 15) is 12.8 Å². The number of halogens is 1. The van der Waals surface area contributed by atoms with Crippen LogP contribution < -0.4 is 9.46 Å². The summed E-state index contributed by atoms with van der Waals surface area (Å²) in [7, 11) is -3.42. The molecule has 0 radical (unpaired) electrons. The Hall–Kier alpha value is -2.70. The van der Waals surface area contributed by atoms with Crippen molar-refractivity contribution in [2.75, 3.05) is 0 Å². The van der Waals surface area contributed by atoms with Crippen LogP contribution in [0, 0.1) is 12.7 Å². The van der Waals surface area contributed by atoms with Crippen LogP contribution in [-0.2, 0) is 28.9 Å². The number of aryl methyl sites for hydroxylation is 1. The lowest BCUT2D eigenvalue weighted by atomic mass is 10.2. The fourth-order valence-electron chi connectivity index (χ4n) is 2.60. The summed E-state index contributed by atoms with van der Waals surface area (Å²) in [6.07, 6.45) is 0. The first-order valence-electron chi connectivity index (χ1n) is 8.89. The minimum Gasteiger partial charge on any atom is -0.489 e. The molecule has 0 amide bonds. The summed E-state index contributed by atoms with van der Waals surface area (Å²) in [5.74, 6) is 0.333. The summed E-state index contributed by atoms with van der Waals surface area (Å²) in [4.78, 5) is 0. The average molecular weight is 399 g/mol. The first-order chi connectivity index (χ1) is 13.4. The van der Waals surface area contributed by atoms with Crippen molar-refractivity contribution in [3.8, 4) is 5.75 Å². The van der Waals surface area contributed by atoms with E-state index in [1.165, 1.54) is 12.1 Å². The predicted octanol–water partition coefficient (Wildman–Crippen LogP) is 4.33. The molecule has 6 heteroatoms. The van der Waals surface area contributed by atoms with Crippen LogP contribution in [-0.4, -0.2) is 8.42 Å². The van der Waals surface area contributed by atoms with E-state index >= 15 is 0 Å². The van der Waals surface area contributed by atoms with Crippen molar-refractivity contribution < 1.29 is 17.5 Å². The monoisotopic (exact) mass is 399 g/mol. The van der Waals surface area contributed by atoms with Crippen LogP contribution in [0.3, 0.4) is 0 Å². The lowest BCUT2D eigenvalue weighted by molar-refractivity contribution is 0.306. The molecule has 0 bridgehead atoms. The van der Waals surface area contributed by atoms with Gasteiger partial charge in [0, 0.05) is 6.54 Å². The Morgan fingerprint density at radius 3 is 2.04 bits per heavy atom. The van der Waals surface area contributed by atoms with Gasteiger partial charge in [-0.3, -0.25) is 0 Å². The quantitative estimate of drug-likeness (QED) is 0.613. The Bertz CT molecular complexity index is 999. The number of hydrogen-bond donors (Lipinski definition) is 1. The minimum atomic E-state index is -3.42. The van der Waals surface area contributed by atoms with Crippen LogP contribution in [0.2, 0.25) is 0 Å². The van der Waals surface area contributed by atoms with Crippen LogP contribution in [0.15, 0.2) is 72.8 Å². The van der Waals surface area contributed by atoms with Crippen molar-refractivity contribution >= 4 is 10.0 Å². The molecule has 0 saturated heterocycles. The van der Waals surface area contributed by atoms with Gasteiger partial charge in [-0.05, 0) is 47.9 Å². The van der Waals surface area contributed by atoms with Crippen molar-refractivity contribution in [2.24, 2.45) is 0 Å². The zero-order valence-corrected chi connectivity index (χ0v) is 16.4. The number of rotatable bonds is 8. The van der Waals surface area contributed by atoms with Crippen molar-refractivity contribution in [3.05, 3.63) is 101 Å². The number of ether oxygens (including phenoxy) is 1. The molecule has 0 aliphatic heterocycles. The number of benzene rings is 3. The molecule has 0 aromatic heterocycles. The topological polar surface area (TPSA) is 55.4 Å². The molecule has 0 aliphatic carbocycles. The smallest absolute Gasteiger partial charge is 0.216 e. The molecule has 1 N–H and O–H groups in total. The fraction of sp³-hybridized carbons (Fsp3) is 0.182. The van der Waals surface area contributed by atoms with E-state index in [-0.39, 0.29) is 18.1 Å². The minimum absolute atomic E-state index is 0.0495. The molecule has 0 saturated carbocycles. The third-order valence-corrected chi connectivity index (χ3v) is 5.51. The van der Waals surface area contributed by atoms with Gasteiger partial charge in [-0.1, -0.05) is 54.1 Å². The van der Waals surface area contributed by atoms with Crippen molar-refractivity contribution in [3.63, 3.8) is 0 Å². The highest BCUT2D eigenvalue weighted by Crippen LogP contribution is 2.15. The zero-order chi connectivity index (χ0) is 20.0. The number of hydrogen-bond acceptors (Lipinski definition) is 3. The zero-order valence-electron chi connectivity index (χ0n) is 15.6. The van der Waals surface area contributed by atoms with Gasteiger partial charge in [0.25, 0.3) is 0 Å². The van der Waals surface area contributed by atoms with Crippen LogP contribution in [0.4, 0.5) is 4.39 Å². The highest BCUT2D eigenvalue weighted by molar-refractivity contribution is 7.88. The van der Waals surface area contributed by atoms with Crippen LogP contribution in [0.5, 0.6) is 5.75 Å². The van der Waals surface area contributed by atoms with Gasteiger partial charge in [0.15, 0.2) is 0 Å². The largest absolute Gasteiger partial charge is 0.489 e. The maximum atomic E-state index is 12.9. The van der Waals surface area contributed by atoms with E-state index < -0.39 is 10.0 Å². The van der Waals surface area contributed by atoms with Crippen molar-refractivity contribution in [1.82, 2.24) is 4.72 Å². The summed E-state index contributed by atoms with van der Waals surface area (Å²) < 4.78 is 45.7. The van der Waals surface area contributed by atoms with Gasteiger partial charge < -0.3 is 4.74 Å². The summed E-state index contributed by atoms with van der Waals surface area (Å²) in [5, 5.41) is 0. The third-order valence-electron chi connectivity index (χ3n) is 4.22. The van der Waals surface area contributed by atoms with Crippen LogP contribution in [0.25, 0.3) is 0 Å². The van der Waals surface area contributed by atoms with Gasteiger partial charge in [-0.2, -0.15) is 0 Å². The Balaban J connectivity index is 1.50. The van der Waals surface area contributed by atoms with Crippen molar-refractivity contribution in [2.45, 2.75) is 25.8 Å². The number of nitrogens with one attached hydrogen (secondary N) is 1.